The summed E-state index contributed by atoms with van der Waals surface area (Å²) in [6, 6.07) is 0. The lowest BCUT2D eigenvalue weighted by Crippen LogP contribution is -2.46. The van der Waals surface area contributed by atoms with Crippen LogP contribution < -0.4 is 10.2 Å². The quantitative estimate of drug-likeness (QED) is 0.730. The molecule has 2 aromatic heterocycles. The Balaban J connectivity index is 1.26. The van der Waals surface area contributed by atoms with Crippen molar-refractivity contribution in [3.8, 4) is 0 Å². The first-order chi connectivity index (χ1) is 13.2. The monoisotopic (exact) mass is 373 g/mol. The minimum Gasteiger partial charge on any atom is -0.378 e. The minimum atomic E-state index is -0.416. The summed E-state index contributed by atoms with van der Waals surface area (Å²) < 4.78 is 1.78. The molecule has 1 atom stereocenters. The van der Waals surface area contributed by atoms with Crippen LogP contribution in [0.3, 0.4) is 0 Å². The van der Waals surface area contributed by atoms with E-state index in [0.29, 0.717) is 5.92 Å². The van der Waals surface area contributed by atoms with E-state index >= 15 is 0 Å². The number of anilines is 1. The van der Waals surface area contributed by atoms with E-state index in [1.165, 1.54) is 32.4 Å². The maximum Gasteiger partial charge on any atom is 0.163 e. The molecule has 0 saturated carbocycles. The van der Waals surface area contributed by atoms with Crippen molar-refractivity contribution < 1.29 is 5.11 Å². The van der Waals surface area contributed by atoms with Crippen LogP contribution in [0.5, 0.6) is 0 Å². The third-order valence-corrected chi connectivity index (χ3v) is 6.02. The first-order valence-electron chi connectivity index (χ1n) is 10.2. The van der Waals surface area contributed by atoms with Gasteiger partial charge in [0.2, 0.25) is 0 Å². The second kappa shape index (κ2) is 8.50. The molecule has 1 unspecified atom stereocenters. The topological polar surface area (TPSA) is 82.3 Å². The molecule has 8 nitrogen and oxygen atoms in total. The number of piperidine rings is 2. The van der Waals surface area contributed by atoms with Crippen molar-refractivity contribution in [2.45, 2.75) is 38.3 Å². The van der Waals surface area contributed by atoms with Gasteiger partial charge in [0.25, 0.3) is 0 Å². The lowest BCUT2D eigenvalue weighted by atomic mass is 9.95. The van der Waals surface area contributed by atoms with Crippen molar-refractivity contribution in [2.24, 2.45) is 13.0 Å². The molecule has 2 N–H and O–H groups in total. The van der Waals surface area contributed by atoms with Crippen LogP contribution in [0.25, 0.3) is 11.0 Å². The molecule has 2 aliphatic rings. The van der Waals surface area contributed by atoms with Crippen molar-refractivity contribution in [3.63, 3.8) is 0 Å². The predicted octanol–water partition coefficient (Wildman–Crippen LogP) is 0.974. The van der Waals surface area contributed by atoms with Crippen molar-refractivity contribution in [2.75, 3.05) is 44.2 Å². The lowest BCUT2D eigenvalue weighted by Gasteiger charge is -2.35. The highest BCUT2D eigenvalue weighted by Crippen LogP contribution is 2.27. The summed E-state index contributed by atoms with van der Waals surface area (Å²) in [5.41, 5.74) is 0.863. The average molecular weight is 374 g/mol. The largest absolute Gasteiger partial charge is 0.378 e. The number of aliphatic hydroxyl groups excluding tert-OH is 1. The molecule has 0 amide bonds. The second-order valence-electron chi connectivity index (χ2n) is 7.83. The maximum atomic E-state index is 10.5. The highest BCUT2D eigenvalue weighted by Gasteiger charge is 2.27. The predicted molar refractivity (Wildman–Crippen MR) is 106 cm³/mol. The van der Waals surface area contributed by atoms with Gasteiger partial charge in [0.15, 0.2) is 5.65 Å². The zero-order chi connectivity index (χ0) is 18.6. The fourth-order valence-corrected chi connectivity index (χ4v) is 4.35. The summed E-state index contributed by atoms with van der Waals surface area (Å²) in [6.07, 6.45) is 8.95. The first-order valence-corrected chi connectivity index (χ1v) is 10.2. The number of nitrogens with zero attached hydrogens (tertiary/aromatic N) is 6. The van der Waals surface area contributed by atoms with Crippen molar-refractivity contribution in [1.29, 1.82) is 0 Å². The smallest absolute Gasteiger partial charge is 0.163 e. The molecular weight excluding hydrogens is 342 g/mol. The molecule has 0 aromatic carbocycles. The average Bonchev–Trinajstić information content (AvgIpc) is 3.10. The summed E-state index contributed by atoms with van der Waals surface area (Å²) in [7, 11) is 1.90. The van der Waals surface area contributed by atoms with E-state index in [2.05, 4.69) is 30.2 Å². The Morgan fingerprint density at radius 3 is 2.70 bits per heavy atom. The second-order valence-corrected chi connectivity index (χ2v) is 7.83. The summed E-state index contributed by atoms with van der Waals surface area (Å²) in [5, 5.41) is 19.2. The van der Waals surface area contributed by atoms with Gasteiger partial charge in [-0.15, -0.1) is 0 Å². The zero-order valence-electron chi connectivity index (χ0n) is 16.2. The maximum absolute atomic E-state index is 10.5. The molecule has 2 fully saturated rings. The zero-order valence-corrected chi connectivity index (χ0v) is 16.2. The molecule has 2 aromatic rings. The minimum absolute atomic E-state index is 0.300. The molecule has 0 spiro atoms. The van der Waals surface area contributed by atoms with E-state index in [1.54, 1.807) is 11.0 Å². The Hall–Kier alpha value is -1.77. The standard InChI is InChI=1S/C19H31N7O/c1-24-17-16(13-23-24)18(22-14-21-17)26-10-5-15(6-11-26)19(27)20-7-12-25-8-3-2-4-9-25/h13-15,19-20,27H,2-12H2,1H3. The molecule has 148 valence electrons. The summed E-state index contributed by atoms with van der Waals surface area (Å²) in [6.45, 7) is 6.11. The van der Waals surface area contributed by atoms with Gasteiger partial charge in [-0.25, -0.2) is 9.97 Å². The normalized spacial score (nSPS) is 21.0. The number of rotatable bonds is 6. The van der Waals surface area contributed by atoms with Crippen molar-refractivity contribution >= 4 is 16.9 Å². The van der Waals surface area contributed by atoms with Crippen LogP contribution in [-0.2, 0) is 7.05 Å². The fourth-order valence-electron chi connectivity index (χ4n) is 4.35. The number of hydrogen-bond donors (Lipinski definition) is 2. The summed E-state index contributed by atoms with van der Waals surface area (Å²) in [5.74, 6) is 1.26. The van der Waals surface area contributed by atoms with Crippen LogP contribution in [-0.4, -0.2) is 75.3 Å². The number of aryl methyl sites for hydroxylation is 1. The van der Waals surface area contributed by atoms with E-state index in [-0.39, 0.29) is 0 Å². The van der Waals surface area contributed by atoms with E-state index in [1.807, 2.05) is 13.2 Å². The van der Waals surface area contributed by atoms with Gasteiger partial charge in [-0.2, -0.15) is 5.10 Å². The first kappa shape index (κ1) is 18.6. The Labute approximate surface area is 160 Å². The van der Waals surface area contributed by atoms with Crippen molar-refractivity contribution in [3.05, 3.63) is 12.5 Å². The molecule has 0 bridgehead atoms. The van der Waals surface area contributed by atoms with Crippen LogP contribution in [0.1, 0.15) is 32.1 Å². The van der Waals surface area contributed by atoms with Crippen LogP contribution in [0.15, 0.2) is 12.5 Å². The molecule has 4 rings (SSSR count). The van der Waals surface area contributed by atoms with Crippen LogP contribution in [0.4, 0.5) is 5.82 Å². The number of hydrogen-bond acceptors (Lipinski definition) is 7. The number of aromatic nitrogens is 4. The van der Waals surface area contributed by atoms with Gasteiger partial charge in [0.1, 0.15) is 18.4 Å². The Kier molecular flexibility index (Phi) is 5.85. The van der Waals surface area contributed by atoms with Gasteiger partial charge in [0, 0.05) is 39.1 Å². The van der Waals surface area contributed by atoms with E-state index in [9.17, 15) is 5.11 Å². The molecule has 8 heteroatoms. The molecule has 2 saturated heterocycles. The van der Waals surface area contributed by atoms with Gasteiger partial charge in [0.05, 0.1) is 11.6 Å². The van der Waals surface area contributed by atoms with E-state index in [4.69, 9.17) is 0 Å². The summed E-state index contributed by atoms with van der Waals surface area (Å²) in [4.78, 5) is 13.6. The molecule has 4 heterocycles. The third kappa shape index (κ3) is 4.23. The van der Waals surface area contributed by atoms with Crippen molar-refractivity contribution in [1.82, 2.24) is 30.0 Å². The van der Waals surface area contributed by atoms with Gasteiger partial charge < -0.3 is 14.9 Å². The number of fused-ring (bicyclic) bond motifs is 1. The van der Waals surface area contributed by atoms with E-state index < -0.39 is 6.23 Å². The van der Waals surface area contributed by atoms with Gasteiger partial charge >= 0.3 is 0 Å². The van der Waals surface area contributed by atoms with Crippen LogP contribution in [0.2, 0.25) is 0 Å². The number of nitrogens with one attached hydrogen (secondary N) is 1. The van der Waals surface area contributed by atoms with Crippen LogP contribution in [0, 0.1) is 5.92 Å². The lowest BCUT2D eigenvalue weighted by molar-refractivity contribution is 0.0586. The molecule has 2 aliphatic heterocycles. The number of aliphatic hydroxyl groups is 1. The highest BCUT2D eigenvalue weighted by atomic mass is 16.3. The van der Waals surface area contributed by atoms with Crippen LogP contribution >= 0.6 is 0 Å². The highest BCUT2D eigenvalue weighted by molar-refractivity contribution is 5.86. The summed E-state index contributed by atoms with van der Waals surface area (Å²) >= 11 is 0. The van der Waals surface area contributed by atoms with Gasteiger partial charge in [-0.3, -0.25) is 10.00 Å². The van der Waals surface area contributed by atoms with Gasteiger partial charge in [-0.05, 0) is 38.8 Å². The Morgan fingerprint density at radius 2 is 1.93 bits per heavy atom. The molecule has 0 aliphatic carbocycles. The SMILES string of the molecule is Cn1ncc2c(N3CCC(C(O)NCCN4CCCCC4)CC3)ncnc21. The van der Waals surface area contributed by atoms with Gasteiger partial charge in [-0.1, -0.05) is 6.42 Å². The molecular formula is C19H31N7O. The fraction of sp³-hybridized carbons (Fsp3) is 0.737. The molecule has 0 radical (unpaired) electrons. The number of likely N-dealkylation sites (tertiary alicyclic amines) is 1. The molecule has 27 heavy (non-hydrogen) atoms. The Bertz CT molecular complexity index is 735. The third-order valence-electron chi connectivity index (χ3n) is 6.02. The Morgan fingerprint density at radius 1 is 1.15 bits per heavy atom. The van der Waals surface area contributed by atoms with E-state index in [0.717, 1.165) is 55.9 Å².